The first-order chi connectivity index (χ1) is 10.6. The number of nitrogens with zero attached hydrogens (tertiary/aromatic N) is 2. The zero-order valence-electron chi connectivity index (χ0n) is 13.7. The topological polar surface area (TPSA) is 37.3 Å². The minimum absolute atomic E-state index is 0.166. The van der Waals surface area contributed by atoms with Crippen molar-refractivity contribution in [3.05, 3.63) is 36.0 Å². The van der Waals surface area contributed by atoms with Crippen molar-refractivity contribution in [2.24, 2.45) is 7.05 Å². The van der Waals surface area contributed by atoms with Crippen molar-refractivity contribution in [1.82, 2.24) is 14.8 Å². The predicted molar refractivity (Wildman–Crippen MR) is 90.1 cm³/mol. The first-order valence-electron chi connectivity index (χ1n) is 8.15. The molecule has 1 N–H and O–H groups in total. The number of carbonyl (C=O) groups is 1. The van der Waals surface area contributed by atoms with Gasteiger partial charge in [0.25, 0.3) is 5.91 Å². The van der Waals surface area contributed by atoms with Gasteiger partial charge in [0.2, 0.25) is 0 Å². The summed E-state index contributed by atoms with van der Waals surface area (Å²) in [6.07, 6.45) is 4.04. The quantitative estimate of drug-likeness (QED) is 0.946. The second kappa shape index (κ2) is 6.13. The number of hydrogen-bond donors (Lipinski definition) is 1. The van der Waals surface area contributed by atoms with Gasteiger partial charge < -0.3 is 14.8 Å². The Morgan fingerprint density at radius 2 is 1.91 bits per heavy atom. The maximum absolute atomic E-state index is 12.8. The van der Waals surface area contributed by atoms with Gasteiger partial charge in [-0.3, -0.25) is 4.79 Å². The van der Waals surface area contributed by atoms with Crippen LogP contribution in [0.4, 0.5) is 0 Å². The number of amides is 1. The largest absolute Gasteiger partial charge is 0.350 e. The molecule has 0 unspecified atom stereocenters. The number of aromatic nitrogens is 1. The third kappa shape index (κ3) is 2.88. The Bertz CT molecular complexity index is 666. The maximum Gasteiger partial charge on any atom is 0.256 e. The number of nitrogens with one attached hydrogen (secondary N) is 1. The minimum Gasteiger partial charge on any atom is -0.350 e. The normalized spacial score (nSPS) is 16.6. The molecule has 0 atom stereocenters. The molecule has 1 aromatic carbocycles. The molecule has 4 nitrogen and oxygen atoms in total. The highest BCUT2D eigenvalue weighted by atomic mass is 16.2. The third-order valence-corrected chi connectivity index (χ3v) is 4.48. The lowest BCUT2D eigenvalue weighted by Crippen LogP contribution is -2.46. The minimum atomic E-state index is 0.166. The van der Waals surface area contributed by atoms with Crippen LogP contribution in [0.2, 0.25) is 0 Å². The van der Waals surface area contributed by atoms with Crippen LogP contribution in [0.3, 0.4) is 0 Å². The molecule has 1 fully saturated rings. The molecule has 1 amide bonds. The van der Waals surface area contributed by atoms with Crippen LogP contribution < -0.4 is 5.32 Å². The number of benzene rings is 1. The van der Waals surface area contributed by atoms with Gasteiger partial charge in [-0.05, 0) is 18.9 Å². The van der Waals surface area contributed by atoms with Crippen molar-refractivity contribution in [3.63, 3.8) is 0 Å². The molecule has 0 spiro atoms. The summed E-state index contributed by atoms with van der Waals surface area (Å²) in [6, 6.07) is 9.15. The highest BCUT2D eigenvalue weighted by Crippen LogP contribution is 2.23. The molecule has 2 heterocycles. The Balaban J connectivity index is 1.74. The van der Waals surface area contributed by atoms with Crippen LogP contribution in [0.1, 0.15) is 37.0 Å². The van der Waals surface area contributed by atoms with Gasteiger partial charge in [0.15, 0.2) is 0 Å². The number of aryl methyl sites for hydroxylation is 1. The monoisotopic (exact) mass is 299 g/mol. The van der Waals surface area contributed by atoms with Crippen LogP contribution >= 0.6 is 0 Å². The molecule has 4 heteroatoms. The van der Waals surface area contributed by atoms with E-state index in [4.69, 9.17) is 0 Å². The van der Waals surface area contributed by atoms with E-state index in [2.05, 4.69) is 25.2 Å². The number of fused-ring (bicyclic) bond motifs is 1. The summed E-state index contributed by atoms with van der Waals surface area (Å²) in [5.74, 6) is 0.166. The summed E-state index contributed by atoms with van der Waals surface area (Å²) in [5.41, 5.74) is 1.94. The number of para-hydroxylation sites is 1. The van der Waals surface area contributed by atoms with Crippen LogP contribution in [0.5, 0.6) is 0 Å². The van der Waals surface area contributed by atoms with Gasteiger partial charge in [-0.25, -0.2) is 0 Å². The van der Waals surface area contributed by atoms with E-state index >= 15 is 0 Å². The van der Waals surface area contributed by atoms with Crippen molar-refractivity contribution < 1.29 is 4.79 Å². The molecule has 1 saturated heterocycles. The summed E-state index contributed by atoms with van der Waals surface area (Å²) >= 11 is 0. The SMILES string of the molecule is CC(C)NC1CCN(C(=O)c2cn(C)c3ccccc23)CC1. The van der Waals surface area contributed by atoms with Crippen LogP contribution in [-0.4, -0.2) is 40.5 Å². The van der Waals surface area contributed by atoms with Crippen molar-refractivity contribution in [2.45, 2.75) is 38.8 Å². The smallest absolute Gasteiger partial charge is 0.256 e. The van der Waals surface area contributed by atoms with Crippen LogP contribution in [-0.2, 0) is 7.05 Å². The Morgan fingerprint density at radius 3 is 2.59 bits per heavy atom. The van der Waals surface area contributed by atoms with Crippen molar-refractivity contribution in [2.75, 3.05) is 13.1 Å². The summed E-state index contributed by atoms with van der Waals surface area (Å²) in [4.78, 5) is 14.8. The Hall–Kier alpha value is -1.81. The van der Waals surface area contributed by atoms with E-state index in [-0.39, 0.29) is 5.91 Å². The molecular formula is C18H25N3O. The number of carbonyl (C=O) groups excluding carboxylic acids is 1. The molecule has 118 valence electrons. The zero-order chi connectivity index (χ0) is 15.7. The second-order valence-corrected chi connectivity index (χ2v) is 6.56. The number of rotatable bonds is 3. The first-order valence-corrected chi connectivity index (χ1v) is 8.15. The van der Waals surface area contributed by atoms with Crippen molar-refractivity contribution in [3.8, 4) is 0 Å². The van der Waals surface area contributed by atoms with E-state index < -0.39 is 0 Å². The molecule has 2 aromatic rings. The van der Waals surface area contributed by atoms with E-state index in [1.165, 1.54) is 0 Å². The molecule has 0 radical (unpaired) electrons. The second-order valence-electron chi connectivity index (χ2n) is 6.56. The van der Waals surface area contributed by atoms with Crippen molar-refractivity contribution >= 4 is 16.8 Å². The Kier molecular flexibility index (Phi) is 4.21. The van der Waals surface area contributed by atoms with E-state index in [9.17, 15) is 4.79 Å². The predicted octanol–water partition coefficient (Wildman–Crippen LogP) is 2.78. The molecular weight excluding hydrogens is 274 g/mol. The number of piperidine rings is 1. The lowest BCUT2D eigenvalue weighted by Gasteiger charge is -2.33. The van der Waals surface area contributed by atoms with Gasteiger partial charge in [-0.2, -0.15) is 0 Å². The van der Waals surface area contributed by atoms with Gasteiger partial charge in [-0.15, -0.1) is 0 Å². The standard InChI is InChI=1S/C18H25N3O/c1-13(2)19-14-8-10-21(11-9-14)18(22)16-12-20(3)17-7-5-4-6-15(16)17/h4-7,12-14,19H,8-11H2,1-3H3. The molecule has 1 aliphatic rings. The molecule has 3 rings (SSSR count). The summed E-state index contributed by atoms with van der Waals surface area (Å²) in [6.45, 7) is 6.03. The van der Waals surface area contributed by atoms with Gasteiger partial charge in [0, 0.05) is 49.3 Å². The number of likely N-dealkylation sites (tertiary alicyclic amines) is 1. The lowest BCUT2D eigenvalue weighted by atomic mass is 10.0. The summed E-state index contributed by atoms with van der Waals surface area (Å²) < 4.78 is 2.04. The van der Waals surface area contributed by atoms with Gasteiger partial charge >= 0.3 is 0 Å². The van der Waals surface area contributed by atoms with Gasteiger partial charge in [-0.1, -0.05) is 32.0 Å². The maximum atomic E-state index is 12.8. The fourth-order valence-corrected chi connectivity index (χ4v) is 3.40. The third-order valence-electron chi connectivity index (χ3n) is 4.48. The first kappa shape index (κ1) is 15.1. The van der Waals surface area contributed by atoms with Gasteiger partial charge in [0.05, 0.1) is 5.56 Å². The van der Waals surface area contributed by atoms with Crippen LogP contribution in [0.25, 0.3) is 10.9 Å². The van der Waals surface area contributed by atoms with E-state index in [1.54, 1.807) is 0 Å². The lowest BCUT2D eigenvalue weighted by molar-refractivity contribution is 0.0705. The molecule has 22 heavy (non-hydrogen) atoms. The van der Waals surface area contributed by atoms with E-state index in [1.807, 2.05) is 40.9 Å². The summed E-state index contributed by atoms with van der Waals surface area (Å²) in [5, 5.41) is 4.63. The summed E-state index contributed by atoms with van der Waals surface area (Å²) in [7, 11) is 2.00. The van der Waals surface area contributed by atoms with Crippen molar-refractivity contribution in [1.29, 1.82) is 0 Å². The highest BCUT2D eigenvalue weighted by Gasteiger charge is 2.25. The highest BCUT2D eigenvalue weighted by molar-refractivity contribution is 6.07. The van der Waals surface area contributed by atoms with E-state index in [0.29, 0.717) is 12.1 Å². The number of hydrogen-bond acceptors (Lipinski definition) is 2. The average molecular weight is 299 g/mol. The molecule has 0 bridgehead atoms. The molecule has 0 aliphatic carbocycles. The Morgan fingerprint density at radius 1 is 1.23 bits per heavy atom. The Labute approximate surface area is 132 Å². The van der Waals surface area contributed by atoms with Gasteiger partial charge in [0.1, 0.15) is 0 Å². The average Bonchev–Trinajstić information content (AvgIpc) is 2.84. The fraction of sp³-hybridized carbons (Fsp3) is 0.500. The molecule has 1 aromatic heterocycles. The fourth-order valence-electron chi connectivity index (χ4n) is 3.40. The van der Waals surface area contributed by atoms with Crippen LogP contribution in [0.15, 0.2) is 30.5 Å². The molecule has 0 saturated carbocycles. The van der Waals surface area contributed by atoms with E-state index in [0.717, 1.165) is 42.4 Å². The zero-order valence-corrected chi connectivity index (χ0v) is 13.7. The van der Waals surface area contributed by atoms with Crippen LogP contribution in [0, 0.1) is 0 Å². The molecule has 1 aliphatic heterocycles.